The van der Waals surface area contributed by atoms with Gasteiger partial charge in [0.25, 0.3) is 0 Å². The number of ether oxygens (including phenoxy) is 1. The summed E-state index contributed by atoms with van der Waals surface area (Å²) in [6.07, 6.45) is 3.64. The minimum absolute atomic E-state index is 0.814. The van der Waals surface area contributed by atoms with Gasteiger partial charge in [-0.25, -0.2) is 0 Å². The number of thioether (sulfide) groups is 1. The van der Waals surface area contributed by atoms with Crippen LogP contribution in [0.2, 0.25) is 0 Å². The average Bonchev–Trinajstić information content (AvgIpc) is 2.61. The number of aromatic nitrogens is 3. The standard InChI is InChI=1S/C17H15N3OS/c1-21-15-6-2-5-14(10-15)16-7-8-17(20-19-16)22-12-13-4-3-9-18-11-13/h2-11H,12H2,1H3. The van der Waals surface area contributed by atoms with E-state index in [1.807, 2.05) is 48.7 Å². The Morgan fingerprint density at radius 3 is 2.73 bits per heavy atom. The largest absolute Gasteiger partial charge is 0.497 e. The molecule has 0 saturated carbocycles. The minimum atomic E-state index is 0.814. The fourth-order valence-electron chi connectivity index (χ4n) is 1.97. The van der Waals surface area contributed by atoms with Crippen molar-refractivity contribution in [1.82, 2.24) is 15.2 Å². The van der Waals surface area contributed by atoms with Crippen molar-refractivity contribution in [2.24, 2.45) is 0 Å². The van der Waals surface area contributed by atoms with Gasteiger partial charge in [-0.3, -0.25) is 4.98 Å². The van der Waals surface area contributed by atoms with Crippen molar-refractivity contribution in [2.45, 2.75) is 10.8 Å². The third-order valence-corrected chi connectivity index (χ3v) is 4.11. The van der Waals surface area contributed by atoms with Gasteiger partial charge in [-0.2, -0.15) is 0 Å². The van der Waals surface area contributed by atoms with Crippen molar-refractivity contribution in [3.63, 3.8) is 0 Å². The summed E-state index contributed by atoms with van der Waals surface area (Å²) in [4.78, 5) is 4.11. The topological polar surface area (TPSA) is 47.9 Å². The lowest BCUT2D eigenvalue weighted by Gasteiger charge is -2.04. The van der Waals surface area contributed by atoms with E-state index in [1.54, 1.807) is 25.1 Å². The predicted molar refractivity (Wildman–Crippen MR) is 87.8 cm³/mol. The van der Waals surface area contributed by atoms with Crippen LogP contribution in [0.1, 0.15) is 5.56 Å². The third-order valence-electron chi connectivity index (χ3n) is 3.12. The zero-order valence-electron chi connectivity index (χ0n) is 12.1. The second kappa shape index (κ2) is 7.04. The van der Waals surface area contributed by atoms with Crippen molar-refractivity contribution in [3.05, 3.63) is 66.5 Å². The lowest BCUT2D eigenvalue weighted by Crippen LogP contribution is -1.91. The molecular formula is C17H15N3OS. The summed E-state index contributed by atoms with van der Waals surface area (Å²) in [5.74, 6) is 1.65. The van der Waals surface area contributed by atoms with Crippen LogP contribution in [-0.4, -0.2) is 22.3 Å². The molecular weight excluding hydrogens is 294 g/mol. The van der Waals surface area contributed by atoms with Gasteiger partial charge < -0.3 is 4.74 Å². The Morgan fingerprint density at radius 1 is 1.05 bits per heavy atom. The van der Waals surface area contributed by atoms with Crippen LogP contribution in [0.5, 0.6) is 5.75 Å². The normalized spacial score (nSPS) is 10.4. The van der Waals surface area contributed by atoms with Gasteiger partial charge in [0.15, 0.2) is 0 Å². The number of rotatable bonds is 5. The molecule has 0 fully saturated rings. The highest BCUT2D eigenvalue weighted by Crippen LogP contribution is 2.24. The first-order chi connectivity index (χ1) is 10.8. The molecule has 0 radical (unpaired) electrons. The highest BCUT2D eigenvalue weighted by molar-refractivity contribution is 7.98. The molecule has 5 heteroatoms. The molecule has 0 aliphatic heterocycles. The van der Waals surface area contributed by atoms with E-state index in [-0.39, 0.29) is 0 Å². The van der Waals surface area contributed by atoms with E-state index in [2.05, 4.69) is 21.2 Å². The molecule has 1 aromatic carbocycles. The number of nitrogens with zero attached hydrogens (tertiary/aromatic N) is 3. The van der Waals surface area contributed by atoms with E-state index in [0.29, 0.717) is 0 Å². The van der Waals surface area contributed by atoms with Crippen LogP contribution < -0.4 is 4.74 Å². The van der Waals surface area contributed by atoms with Crippen molar-refractivity contribution in [1.29, 1.82) is 0 Å². The van der Waals surface area contributed by atoms with E-state index in [9.17, 15) is 0 Å². The number of benzene rings is 1. The highest BCUT2D eigenvalue weighted by atomic mass is 32.2. The van der Waals surface area contributed by atoms with Gasteiger partial charge in [-0.1, -0.05) is 30.0 Å². The first kappa shape index (κ1) is 14.5. The quantitative estimate of drug-likeness (QED) is 0.670. The highest BCUT2D eigenvalue weighted by Gasteiger charge is 2.03. The Kier molecular flexibility index (Phi) is 4.65. The Morgan fingerprint density at radius 2 is 2.00 bits per heavy atom. The number of pyridine rings is 1. The molecule has 0 aliphatic rings. The molecule has 0 unspecified atom stereocenters. The van der Waals surface area contributed by atoms with Gasteiger partial charge in [0.2, 0.25) is 0 Å². The molecule has 0 aliphatic carbocycles. The molecule has 2 heterocycles. The summed E-state index contributed by atoms with van der Waals surface area (Å²) in [6.45, 7) is 0. The van der Waals surface area contributed by atoms with E-state index in [0.717, 1.165) is 27.8 Å². The number of methoxy groups -OCH3 is 1. The predicted octanol–water partition coefficient (Wildman–Crippen LogP) is 3.84. The maximum Gasteiger partial charge on any atom is 0.119 e. The van der Waals surface area contributed by atoms with Gasteiger partial charge >= 0.3 is 0 Å². The van der Waals surface area contributed by atoms with Crippen LogP contribution in [0, 0.1) is 0 Å². The van der Waals surface area contributed by atoms with Gasteiger partial charge in [0.05, 0.1) is 12.8 Å². The second-order valence-electron chi connectivity index (χ2n) is 4.64. The summed E-state index contributed by atoms with van der Waals surface area (Å²) < 4.78 is 5.23. The fraction of sp³-hybridized carbons (Fsp3) is 0.118. The van der Waals surface area contributed by atoms with Crippen LogP contribution >= 0.6 is 11.8 Å². The zero-order valence-corrected chi connectivity index (χ0v) is 13.0. The van der Waals surface area contributed by atoms with Crippen LogP contribution in [0.4, 0.5) is 0 Å². The monoisotopic (exact) mass is 309 g/mol. The molecule has 22 heavy (non-hydrogen) atoms. The average molecular weight is 309 g/mol. The summed E-state index contributed by atoms with van der Waals surface area (Å²) in [5, 5.41) is 9.47. The van der Waals surface area contributed by atoms with Gasteiger partial charge in [-0.15, -0.1) is 10.2 Å². The molecule has 110 valence electrons. The summed E-state index contributed by atoms with van der Waals surface area (Å²) in [6, 6.07) is 15.8. The van der Waals surface area contributed by atoms with E-state index < -0.39 is 0 Å². The van der Waals surface area contributed by atoms with E-state index in [1.165, 1.54) is 5.56 Å². The van der Waals surface area contributed by atoms with E-state index >= 15 is 0 Å². The molecule has 0 spiro atoms. The van der Waals surface area contributed by atoms with Crippen molar-refractivity contribution in [2.75, 3.05) is 7.11 Å². The van der Waals surface area contributed by atoms with Crippen molar-refractivity contribution < 1.29 is 4.74 Å². The molecule has 3 aromatic rings. The Bertz CT molecular complexity index is 732. The van der Waals surface area contributed by atoms with Crippen LogP contribution in [-0.2, 0) is 5.75 Å². The molecule has 4 nitrogen and oxygen atoms in total. The molecule has 0 bridgehead atoms. The lowest BCUT2D eigenvalue weighted by molar-refractivity contribution is 0.415. The maximum atomic E-state index is 5.23. The van der Waals surface area contributed by atoms with Gasteiger partial charge in [0, 0.05) is 23.7 Å². The zero-order chi connectivity index (χ0) is 15.2. The Labute approximate surface area is 133 Å². The molecule has 2 aromatic heterocycles. The molecule has 0 N–H and O–H groups in total. The van der Waals surface area contributed by atoms with Crippen molar-refractivity contribution >= 4 is 11.8 Å². The maximum absolute atomic E-state index is 5.23. The van der Waals surface area contributed by atoms with Crippen LogP contribution in [0.25, 0.3) is 11.3 Å². The molecule has 0 atom stereocenters. The minimum Gasteiger partial charge on any atom is -0.497 e. The Hall–Kier alpha value is -2.40. The SMILES string of the molecule is COc1cccc(-c2ccc(SCc3cccnc3)nn2)c1. The third kappa shape index (κ3) is 3.62. The van der Waals surface area contributed by atoms with Gasteiger partial charge in [-0.05, 0) is 35.9 Å². The fourth-order valence-corrected chi connectivity index (χ4v) is 2.72. The van der Waals surface area contributed by atoms with Gasteiger partial charge in [0.1, 0.15) is 10.8 Å². The summed E-state index contributed by atoms with van der Waals surface area (Å²) in [5.41, 5.74) is 3.01. The molecule has 3 rings (SSSR count). The number of hydrogen-bond donors (Lipinski definition) is 0. The molecule has 0 amide bonds. The first-order valence-electron chi connectivity index (χ1n) is 6.85. The second-order valence-corrected chi connectivity index (χ2v) is 5.63. The molecule has 0 saturated heterocycles. The van der Waals surface area contributed by atoms with Crippen LogP contribution in [0.3, 0.4) is 0 Å². The smallest absolute Gasteiger partial charge is 0.119 e. The summed E-state index contributed by atoms with van der Waals surface area (Å²) >= 11 is 1.65. The first-order valence-corrected chi connectivity index (χ1v) is 7.83. The van der Waals surface area contributed by atoms with E-state index in [4.69, 9.17) is 4.74 Å². The Balaban J connectivity index is 1.69. The lowest BCUT2D eigenvalue weighted by atomic mass is 10.1. The van der Waals surface area contributed by atoms with Crippen LogP contribution in [0.15, 0.2) is 66.0 Å². The number of hydrogen-bond acceptors (Lipinski definition) is 5. The van der Waals surface area contributed by atoms with Crippen molar-refractivity contribution in [3.8, 4) is 17.0 Å². The summed E-state index contributed by atoms with van der Waals surface area (Å²) in [7, 11) is 1.66.